The van der Waals surface area contributed by atoms with Gasteiger partial charge >= 0.3 is 1.43 Å². The van der Waals surface area contributed by atoms with Gasteiger partial charge in [0, 0.05) is 17.2 Å². The number of imidazole rings is 1. The molecule has 4 aromatic rings. The van der Waals surface area contributed by atoms with Crippen LogP contribution in [-0.4, -0.2) is 42.1 Å². The molecule has 2 N–H and O–H groups in total. The number of fused-ring (bicyclic) bond motifs is 1. The number of halogens is 1. The summed E-state index contributed by atoms with van der Waals surface area (Å²) in [6, 6.07) is 16.2. The van der Waals surface area contributed by atoms with Crippen LogP contribution in [0.2, 0.25) is 0 Å². The van der Waals surface area contributed by atoms with Crippen LogP contribution in [-0.2, 0) is 4.79 Å². The molecular weight excluding hydrogens is 486 g/mol. The van der Waals surface area contributed by atoms with Crippen molar-refractivity contribution >= 4 is 16.9 Å². The average Bonchev–Trinajstić information content (AvgIpc) is 3.60. The molecule has 8 nitrogen and oxygen atoms in total. The van der Waals surface area contributed by atoms with Crippen molar-refractivity contribution in [1.29, 1.82) is 0 Å². The number of nitrogens with one attached hydrogen (secondary N) is 2. The molecule has 2 fully saturated rings. The van der Waals surface area contributed by atoms with Crippen molar-refractivity contribution < 1.29 is 18.6 Å². The number of rotatable bonds is 6. The van der Waals surface area contributed by atoms with Crippen molar-refractivity contribution in [3.8, 4) is 22.8 Å². The van der Waals surface area contributed by atoms with Crippen LogP contribution in [0.1, 0.15) is 71.7 Å². The molecule has 2 saturated carbocycles. The van der Waals surface area contributed by atoms with E-state index in [0.29, 0.717) is 11.7 Å². The van der Waals surface area contributed by atoms with E-state index in [0.717, 1.165) is 53.7 Å². The zero-order valence-corrected chi connectivity index (χ0v) is 21.7. The summed E-state index contributed by atoms with van der Waals surface area (Å²) in [6.45, 7) is 0. The molecule has 6 rings (SSSR count). The number of amides is 1. The molecule has 37 heavy (non-hydrogen) atoms. The minimum absolute atomic E-state index is 0. The standard InChI is InChI=1S/C28H33N7O.ClH/c36-28(29-22-14-5-2-6-15-22)25(19-10-3-1-4-11-19)35-24-17-8-7-16-23(24)30-27(35)21-13-9-12-20(18-21)26-31-33-34-32-26;/h7-9,12-13,16-19,22,25H,1-6,10-11,14-15H2,(H,29,36)(H,31,32,33,34);1H. The van der Waals surface area contributed by atoms with E-state index in [1.54, 1.807) is 0 Å². The van der Waals surface area contributed by atoms with Gasteiger partial charge in [0.15, 0.2) is 0 Å². The maximum absolute atomic E-state index is 14.1. The number of carbonyl (C=O) groups is 1. The van der Waals surface area contributed by atoms with Crippen molar-refractivity contribution in [2.24, 2.45) is 5.92 Å². The van der Waals surface area contributed by atoms with E-state index < -0.39 is 0 Å². The number of tetrazole rings is 1. The lowest BCUT2D eigenvalue weighted by Gasteiger charge is -2.33. The summed E-state index contributed by atoms with van der Waals surface area (Å²) in [7, 11) is 0. The number of H-pyrrole nitrogens is 1. The van der Waals surface area contributed by atoms with Crippen molar-refractivity contribution in [1.82, 2.24) is 35.5 Å². The Hall–Kier alpha value is -3.26. The van der Waals surface area contributed by atoms with Crippen LogP contribution >= 0.6 is 0 Å². The van der Waals surface area contributed by atoms with Crippen molar-refractivity contribution in [3.63, 3.8) is 0 Å². The normalized spacial score (nSPS) is 17.8. The fourth-order valence-electron chi connectivity index (χ4n) is 6.14. The Bertz CT molecular complexity index is 1330. The highest BCUT2D eigenvalue weighted by molar-refractivity contribution is 5.88. The van der Waals surface area contributed by atoms with E-state index in [1.165, 1.54) is 38.5 Å². The number of hydrogen-bond donors (Lipinski definition) is 2. The second-order valence-electron chi connectivity index (χ2n) is 10.3. The molecule has 2 aliphatic carbocycles. The SMILES string of the molecule is O=C(NC1CCCCC1)C(C1CCCCC1)n1c(-c2cccc(-c3nn[nH]n3)c2)nc2ccccc21.[Cl-].[H+]. The Kier molecular flexibility index (Phi) is 7.84. The van der Waals surface area contributed by atoms with Crippen LogP contribution in [0.4, 0.5) is 0 Å². The van der Waals surface area contributed by atoms with E-state index in [1.807, 2.05) is 36.4 Å². The summed E-state index contributed by atoms with van der Waals surface area (Å²) < 4.78 is 2.22. The van der Waals surface area contributed by atoms with Crippen LogP contribution in [0.3, 0.4) is 0 Å². The van der Waals surface area contributed by atoms with Gasteiger partial charge < -0.3 is 22.3 Å². The van der Waals surface area contributed by atoms with Gasteiger partial charge in [0.1, 0.15) is 11.9 Å². The van der Waals surface area contributed by atoms with Gasteiger partial charge in [-0.05, 0) is 55.0 Å². The third-order valence-corrected chi connectivity index (χ3v) is 7.91. The number of aromatic amines is 1. The first-order valence-corrected chi connectivity index (χ1v) is 13.4. The summed E-state index contributed by atoms with van der Waals surface area (Å²) in [4.78, 5) is 19.2. The maximum atomic E-state index is 14.1. The van der Waals surface area contributed by atoms with Gasteiger partial charge in [0.05, 0.1) is 11.0 Å². The predicted molar refractivity (Wildman–Crippen MR) is 140 cm³/mol. The number of hydrogen-bond acceptors (Lipinski definition) is 5. The zero-order chi connectivity index (χ0) is 24.3. The number of aromatic nitrogens is 6. The number of benzene rings is 2. The monoisotopic (exact) mass is 519 g/mol. The third kappa shape index (κ3) is 5.25. The van der Waals surface area contributed by atoms with Crippen LogP contribution in [0.15, 0.2) is 48.5 Å². The average molecular weight is 520 g/mol. The smallest absolute Gasteiger partial charge is 1.00 e. The van der Waals surface area contributed by atoms with Crippen LogP contribution < -0.4 is 17.7 Å². The van der Waals surface area contributed by atoms with Gasteiger partial charge in [-0.3, -0.25) is 4.79 Å². The predicted octanol–water partition coefficient (Wildman–Crippen LogP) is 2.57. The fraction of sp³-hybridized carbons (Fsp3) is 0.464. The van der Waals surface area contributed by atoms with Crippen molar-refractivity contribution in [3.05, 3.63) is 48.5 Å². The van der Waals surface area contributed by atoms with Crippen molar-refractivity contribution in [2.45, 2.75) is 76.3 Å². The topological polar surface area (TPSA) is 101 Å². The van der Waals surface area contributed by atoms with Gasteiger partial charge in [0.25, 0.3) is 0 Å². The Morgan fingerprint density at radius 2 is 1.68 bits per heavy atom. The Morgan fingerprint density at radius 3 is 2.43 bits per heavy atom. The summed E-state index contributed by atoms with van der Waals surface area (Å²) >= 11 is 0. The van der Waals surface area contributed by atoms with Gasteiger partial charge in [-0.1, -0.05) is 68.9 Å². The molecular formula is C28H34ClN7O. The minimum atomic E-state index is -0.288. The van der Waals surface area contributed by atoms with Gasteiger partial charge in [-0.15, -0.1) is 10.2 Å². The number of nitrogens with zero attached hydrogens (tertiary/aromatic N) is 5. The molecule has 1 unspecified atom stereocenters. The van der Waals surface area contributed by atoms with E-state index in [4.69, 9.17) is 4.98 Å². The molecule has 9 heteroatoms. The lowest BCUT2D eigenvalue weighted by atomic mass is 9.82. The molecule has 2 heterocycles. The van der Waals surface area contributed by atoms with E-state index in [2.05, 4.69) is 42.6 Å². The Morgan fingerprint density at radius 1 is 0.946 bits per heavy atom. The molecule has 0 saturated heterocycles. The minimum Gasteiger partial charge on any atom is -1.00 e. The lowest BCUT2D eigenvalue weighted by molar-refractivity contribution is -0.127. The zero-order valence-electron chi connectivity index (χ0n) is 21.9. The van der Waals surface area contributed by atoms with Gasteiger partial charge in [-0.25, -0.2) is 4.98 Å². The quantitative estimate of drug-likeness (QED) is 0.408. The summed E-state index contributed by atoms with van der Waals surface area (Å²) in [5.41, 5.74) is 3.72. The third-order valence-electron chi connectivity index (χ3n) is 7.91. The van der Waals surface area contributed by atoms with Gasteiger partial charge in [-0.2, -0.15) is 5.21 Å². The van der Waals surface area contributed by atoms with Crippen LogP contribution in [0.5, 0.6) is 0 Å². The molecule has 194 valence electrons. The lowest BCUT2D eigenvalue weighted by Crippen LogP contribution is -3.00. The highest BCUT2D eigenvalue weighted by atomic mass is 35.5. The van der Waals surface area contributed by atoms with E-state index in [-0.39, 0.29) is 31.8 Å². The molecule has 2 aromatic heterocycles. The first kappa shape index (κ1) is 25.4. The fourth-order valence-corrected chi connectivity index (χ4v) is 6.14. The summed E-state index contributed by atoms with van der Waals surface area (Å²) in [6.07, 6.45) is 11.5. The molecule has 0 bridgehead atoms. The Labute approximate surface area is 224 Å². The van der Waals surface area contributed by atoms with Crippen molar-refractivity contribution in [2.75, 3.05) is 0 Å². The van der Waals surface area contributed by atoms with E-state index in [9.17, 15) is 4.79 Å². The molecule has 1 amide bonds. The molecule has 0 radical (unpaired) electrons. The number of carbonyl (C=O) groups excluding carboxylic acids is 1. The molecule has 1 atom stereocenters. The molecule has 2 aliphatic rings. The molecule has 0 aliphatic heterocycles. The summed E-state index contributed by atoms with van der Waals surface area (Å²) in [5, 5.41) is 18.0. The van der Waals surface area contributed by atoms with Crippen LogP contribution in [0, 0.1) is 5.92 Å². The maximum Gasteiger partial charge on any atom is 1.00 e. The highest BCUT2D eigenvalue weighted by Gasteiger charge is 2.35. The first-order chi connectivity index (χ1) is 17.8. The Balaban J connectivity index is 0.00000168. The largest absolute Gasteiger partial charge is 1.00 e. The molecule has 0 spiro atoms. The van der Waals surface area contributed by atoms with Gasteiger partial charge in [0.2, 0.25) is 11.7 Å². The second kappa shape index (κ2) is 11.4. The van der Waals surface area contributed by atoms with Crippen LogP contribution in [0.25, 0.3) is 33.8 Å². The second-order valence-corrected chi connectivity index (χ2v) is 10.3. The molecule has 2 aromatic carbocycles. The number of para-hydroxylation sites is 2. The van der Waals surface area contributed by atoms with E-state index >= 15 is 0 Å². The highest BCUT2D eigenvalue weighted by Crippen LogP contribution is 2.39. The summed E-state index contributed by atoms with van der Waals surface area (Å²) in [5.74, 6) is 1.79. The first-order valence-electron chi connectivity index (χ1n) is 13.4.